The molecule has 0 radical (unpaired) electrons. The number of aliphatic hydroxyl groups excluding tert-OH is 3. The van der Waals surface area contributed by atoms with E-state index in [1.165, 1.54) is 5.56 Å². The number of hydrogen-bond donors (Lipinski definition) is 4. The van der Waals surface area contributed by atoms with Crippen LogP contribution in [0, 0.1) is 5.92 Å². The van der Waals surface area contributed by atoms with Gasteiger partial charge in [0.15, 0.2) is 23.9 Å². The molecule has 0 amide bonds. The number of likely N-dealkylation sites (N-methyl/N-ethyl adjacent to an activating group) is 1. The third-order valence-electron chi connectivity index (χ3n) is 9.46. The molecule has 2 aromatic carbocycles. The fourth-order valence-corrected chi connectivity index (χ4v) is 7.49. The number of carboxylic acids is 1. The first-order valence-electron chi connectivity index (χ1n) is 13.8. The minimum atomic E-state index is -1.79. The molecule has 4 N–H and O–H groups in total. The molecule has 2 bridgehead atoms. The number of benzene rings is 2. The number of nitrogens with zero attached hydrogens (tertiary/aromatic N) is 1. The monoisotopic (exact) mass is 551 g/mol. The van der Waals surface area contributed by atoms with Crippen LogP contribution in [-0.4, -0.2) is 93.8 Å². The van der Waals surface area contributed by atoms with Gasteiger partial charge in [0.2, 0.25) is 0 Å². The first-order chi connectivity index (χ1) is 19.3. The first kappa shape index (κ1) is 25.9. The van der Waals surface area contributed by atoms with Crippen molar-refractivity contribution >= 4 is 5.97 Å². The van der Waals surface area contributed by atoms with Gasteiger partial charge in [-0.1, -0.05) is 48.6 Å². The maximum atomic E-state index is 11.7. The third kappa shape index (κ3) is 3.74. The van der Waals surface area contributed by atoms with Crippen LogP contribution < -0.4 is 9.47 Å². The second-order valence-electron chi connectivity index (χ2n) is 11.5. The molecule has 2 fully saturated rings. The van der Waals surface area contributed by atoms with Crippen LogP contribution in [0.2, 0.25) is 0 Å². The zero-order valence-corrected chi connectivity index (χ0v) is 22.0. The Morgan fingerprint density at radius 2 is 1.88 bits per heavy atom. The van der Waals surface area contributed by atoms with E-state index in [1.54, 1.807) is 0 Å². The SMILES string of the molecule is CN1CC[C@]23c4c5ccc(OCc6ccccc6)c4O[C@H]2[C@@H](O[C@@H]2O[C@H](C(=O)O)[C@@H](O)[C@H](O)[C@H]2O)C=C[C@H]3[C@H]1C5. The Morgan fingerprint density at radius 3 is 2.65 bits per heavy atom. The Balaban J connectivity index is 1.24. The summed E-state index contributed by atoms with van der Waals surface area (Å²) in [6.45, 7) is 1.25. The van der Waals surface area contributed by atoms with Crippen LogP contribution in [0.4, 0.5) is 0 Å². The summed E-state index contributed by atoms with van der Waals surface area (Å²) in [6, 6.07) is 14.3. The molecule has 0 aromatic heterocycles. The average Bonchev–Trinajstić information content (AvgIpc) is 3.31. The molecule has 1 spiro atoms. The minimum Gasteiger partial charge on any atom is -0.485 e. The highest BCUT2D eigenvalue weighted by molar-refractivity contribution is 5.73. The summed E-state index contributed by atoms with van der Waals surface area (Å²) in [5.74, 6) is 0.0581. The van der Waals surface area contributed by atoms with Crippen molar-refractivity contribution in [3.8, 4) is 11.5 Å². The van der Waals surface area contributed by atoms with E-state index in [0.717, 1.165) is 30.5 Å². The molecular weight excluding hydrogens is 518 g/mol. The van der Waals surface area contributed by atoms with Crippen LogP contribution in [0.3, 0.4) is 0 Å². The van der Waals surface area contributed by atoms with Gasteiger partial charge < -0.3 is 44.3 Å². The van der Waals surface area contributed by atoms with Crippen molar-refractivity contribution in [3.05, 3.63) is 71.3 Å². The van der Waals surface area contributed by atoms with Crippen LogP contribution in [0.15, 0.2) is 54.6 Å². The molecule has 3 heterocycles. The number of piperidine rings is 1. The lowest BCUT2D eigenvalue weighted by molar-refractivity contribution is -0.307. The number of carboxylic acid groups (broad SMARTS) is 1. The van der Waals surface area contributed by atoms with Gasteiger partial charge in [-0.3, -0.25) is 0 Å². The van der Waals surface area contributed by atoms with Crippen LogP contribution >= 0.6 is 0 Å². The van der Waals surface area contributed by atoms with Gasteiger partial charge in [-0.2, -0.15) is 0 Å². The van der Waals surface area contributed by atoms with Crippen molar-refractivity contribution in [1.29, 1.82) is 0 Å². The molecular formula is C30H33NO9. The van der Waals surface area contributed by atoms with Gasteiger partial charge in [-0.25, -0.2) is 4.79 Å². The van der Waals surface area contributed by atoms with Crippen molar-refractivity contribution in [2.24, 2.45) is 5.92 Å². The molecule has 212 valence electrons. The summed E-state index contributed by atoms with van der Waals surface area (Å²) in [5, 5.41) is 40.6. The van der Waals surface area contributed by atoms with E-state index in [4.69, 9.17) is 18.9 Å². The van der Waals surface area contributed by atoms with Gasteiger partial charge >= 0.3 is 5.97 Å². The van der Waals surface area contributed by atoms with Crippen LogP contribution in [0.1, 0.15) is 23.1 Å². The maximum absolute atomic E-state index is 11.7. The molecule has 5 aliphatic rings. The molecule has 2 saturated heterocycles. The number of likely N-dealkylation sites (tertiary alicyclic amines) is 1. The lowest BCUT2D eigenvalue weighted by Crippen LogP contribution is -2.66. The van der Waals surface area contributed by atoms with Gasteiger partial charge in [-0.15, -0.1) is 0 Å². The average molecular weight is 552 g/mol. The smallest absolute Gasteiger partial charge is 0.335 e. The lowest BCUT2D eigenvalue weighted by atomic mass is 9.53. The lowest BCUT2D eigenvalue weighted by Gasteiger charge is -2.57. The first-order valence-corrected chi connectivity index (χ1v) is 13.8. The fourth-order valence-electron chi connectivity index (χ4n) is 7.49. The Hall–Kier alpha value is -2.99. The van der Waals surface area contributed by atoms with Crippen molar-refractivity contribution in [2.45, 2.75) is 73.8 Å². The molecule has 7 rings (SSSR count). The van der Waals surface area contributed by atoms with Gasteiger partial charge in [0.1, 0.15) is 37.1 Å². The van der Waals surface area contributed by atoms with E-state index in [1.807, 2.05) is 42.5 Å². The minimum absolute atomic E-state index is 0.158. The second-order valence-corrected chi connectivity index (χ2v) is 11.5. The maximum Gasteiger partial charge on any atom is 0.335 e. The van der Waals surface area contributed by atoms with Crippen molar-refractivity contribution in [1.82, 2.24) is 4.90 Å². The summed E-state index contributed by atoms with van der Waals surface area (Å²) < 4.78 is 24.7. The Labute approximate surface area is 231 Å². The van der Waals surface area contributed by atoms with E-state index >= 15 is 0 Å². The van der Waals surface area contributed by atoms with E-state index in [-0.39, 0.29) is 12.0 Å². The summed E-state index contributed by atoms with van der Waals surface area (Å²) in [4.78, 5) is 14.0. The molecule has 10 heteroatoms. The predicted octanol–water partition coefficient (Wildman–Crippen LogP) is 0.988. The number of carbonyl (C=O) groups is 1. The summed E-state index contributed by atoms with van der Waals surface area (Å²) in [6.07, 6.45) is -3.86. The normalized spacial score (nSPS) is 39.4. The predicted molar refractivity (Wildman–Crippen MR) is 140 cm³/mol. The van der Waals surface area contributed by atoms with Gasteiger partial charge in [0.25, 0.3) is 0 Å². The zero-order chi connectivity index (χ0) is 27.8. The third-order valence-corrected chi connectivity index (χ3v) is 9.46. The van der Waals surface area contributed by atoms with E-state index in [2.05, 4.69) is 24.1 Å². The van der Waals surface area contributed by atoms with Crippen LogP contribution in [-0.2, 0) is 32.7 Å². The number of ether oxygens (including phenoxy) is 4. The number of hydrogen-bond acceptors (Lipinski definition) is 9. The Kier molecular flexibility index (Phi) is 6.19. The molecule has 0 unspecified atom stereocenters. The van der Waals surface area contributed by atoms with E-state index in [0.29, 0.717) is 18.1 Å². The Morgan fingerprint density at radius 1 is 1.07 bits per heavy atom. The summed E-state index contributed by atoms with van der Waals surface area (Å²) >= 11 is 0. The molecule has 10 nitrogen and oxygen atoms in total. The molecule has 40 heavy (non-hydrogen) atoms. The van der Waals surface area contributed by atoms with Gasteiger partial charge in [0, 0.05) is 22.9 Å². The number of rotatable bonds is 6. The molecule has 10 atom stereocenters. The number of aliphatic hydroxyl groups is 3. The topological polar surface area (TPSA) is 138 Å². The summed E-state index contributed by atoms with van der Waals surface area (Å²) in [5.41, 5.74) is 2.98. The fraction of sp³-hybridized carbons (Fsp3) is 0.500. The van der Waals surface area contributed by atoms with E-state index in [9.17, 15) is 25.2 Å². The van der Waals surface area contributed by atoms with Crippen molar-refractivity contribution in [3.63, 3.8) is 0 Å². The highest BCUT2D eigenvalue weighted by Gasteiger charge is 2.65. The molecule has 2 aliphatic carbocycles. The van der Waals surface area contributed by atoms with Gasteiger partial charge in [0.05, 0.1) is 0 Å². The standard InChI is InChI=1S/C30H33NO9/c1-31-12-11-30-17-8-10-20(38-29-24(34)22(32)23(33)26(40-29)28(35)36)27(30)39-25-19(37-14-15-5-3-2-4-6-15)9-7-16(21(25)30)13-18(17)31/h2-10,17-18,20,22-24,26-27,29,32-34H,11-14H2,1H3,(H,35,36)/t17-,18+,20-,22-,23-,24+,26-,27-,29+,30-/m0/s1. The molecule has 3 aliphatic heterocycles. The zero-order valence-electron chi connectivity index (χ0n) is 22.0. The molecule has 0 saturated carbocycles. The Bertz CT molecular complexity index is 1330. The van der Waals surface area contributed by atoms with Gasteiger partial charge in [-0.05, 0) is 43.6 Å². The second kappa shape index (κ2) is 9.54. The quantitative estimate of drug-likeness (QED) is 0.385. The summed E-state index contributed by atoms with van der Waals surface area (Å²) in [7, 11) is 2.15. The number of aliphatic carboxylic acids is 1. The van der Waals surface area contributed by atoms with E-state index < -0.39 is 54.3 Å². The van der Waals surface area contributed by atoms with Crippen LogP contribution in [0.5, 0.6) is 11.5 Å². The van der Waals surface area contributed by atoms with Crippen molar-refractivity contribution < 1.29 is 44.2 Å². The van der Waals surface area contributed by atoms with Crippen LogP contribution in [0.25, 0.3) is 0 Å². The highest BCUT2D eigenvalue weighted by atomic mass is 16.7. The highest BCUT2D eigenvalue weighted by Crippen LogP contribution is 2.63. The molecule has 2 aromatic rings. The van der Waals surface area contributed by atoms with Crippen molar-refractivity contribution in [2.75, 3.05) is 13.6 Å². The largest absolute Gasteiger partial charge is 0.485 e.